The molecule has 0 unspecified atom stereocenters. The zero-order valence-corrected chi connectivity index (χ0v) is 9.04. The Balaban J connectivity index is 2.64. The fraction of sp³-hybridized carbons (Fsp3) is 0.250. The molecule has 0 spiro atoms. The average Bonchev–Trinajstić information content (AvgIpc) is 2.63. The number of fused-ring (bicyclic) bond motifs is 1. The Kier molecular flexibility index (Phi) is 2.22. The Labute approximate surface area is 91.9 Å². The number of carboxylic acid groups (broad SMARTS) is 1. The van der Waals surface area contributed by atoms with E-state index in [4.69, 9.17) is 5.11 Å². The first-order chi connectivity index (χ1) is 7.43. The van der Waals surface area contributed by atoms with E-state index < -0.39 is 11.4 Å². The zero-order valence-electron chi connectivity index (χ0n) is 9.04. The van der Waals surface area contributed by atoms with Crippen LogP contribution in [-0.4, -0.2) is 16.1 Å². The van der Waals surface area contributed by atoms with Crippen molar-refractivity contribution in [1.82, 2.24) is 4.98 Å². The summed E-state index contributed by atoms with van der Waals surface area (Å²) in [6.45, 7) is 3.16. The maximum absolute atomic E-state index is 13.4. The number of carboxylic acids is 1. The lowest BCUT2D eigenvalue weighted by atomic mass is 9.90. The number of hydrogen-bond donors (Lipinski definition) is 2. The first-order valence-electron chi connectivity index (χ1n) is 4.94. The molecule has 0 bridgehead atoms. The average molecular weight is 221 g/mol. The van der Waals surface area contributed by atoms with Crippen molar-refractivity contribution in [2.45, 2.75) is 19.3 Å². The number of halogens is 1. The molecule has 0 aliphatic heterocycles. The van der Waals surface area contributed by atoms with Crippen molar-refractivity contribution in [3.05, 3.63) is 35.8 Å². The van der Waals surface area contributed by atoms with Gasteiger partial charge in [0.2, 0.25) is 0 Å². The summed E-state index contributed by atoms with van der Waals surface area (Å²) in [5, 5.41) is 9.76. The number of H-pyrrole nitrogens is 1. The molecular weight excluding hydrogens is 209 g/mol. The van der Waals surface area contributed by atoms with Crippen molar-refractivity contribution < 1.29 is 14.3 Å². The maximum Gasteiger partial charge on any atom is 0.315 e. The molecule has 1 aromatic carbocycles. The highest BCUT2D eigenvalue weighted by Crippen LogP contribution is 2.27. The Hall–Kier alpha value is -1.84. The van der Waals surface area contributed by atoms with Gasteiger partial charge in [-0.2, -0.15) is 0 Å². The van der Waals surface area contributed by atoms with Crippen molar-refractivity contribution in [2.75, 3.05) is 0 Å². The third-order valence-electron chi connectivity index (χ3n) is 2.81. The van der Waals surface area contributed by atoms with E-state index in [1.165, 1.54) is 6.07 Å². The van der Waals surface area contributed by atoms with E-state index in [2.05, 4.69) is 4.98 Å². The fourth-order valence-electron chi connectivity index (χ4n) is 1.57. The van der Waals surface area contributed by atoms with Gasteiger partial charge in [0, 0.05) is 11.1 Å². The summed E-state index contributed by atoms with van der Waals surface area (Å²) in [6.07, 6.45) is 0. The molecule has 0 saturated carbocycles. The number of hydrogen-bond acceptors (Lipinski definition) is 1. The number of aromatic nitrogens is 1. The van der Waals surface area contributed by atoms with E-state index in [1.807, 2.05) is 0 Å². The third-order valence-corrected chi connectivity index (χ3v) is 2.81. The Bertz CT molecular complexity index is 557. The minimum Gasteiger partial charge on any atom is -0.481 e. The van der Waals surface area contributed by atoms with Crippen LogP contribution in [0.25, 0.3) is 10.9 Å². The van der Waals surface area contributed by atoms with Crippen molar-refractivity contribution in [3.8, 4) is 0 Å². The van der Waals surface area contributed by atoms with E-state index in [9.17, 15) is 9.18 Å². The van der Waals surface area contributed by atoms with Crippen molar-refractivity contribution in [2.24, 2.45) is 0 Å². The minimum atomic E-state index is -1.05. The largest absolute Gasteiger partial charge is 0.481 e. The molecule has 0 fully saturated rings. The van der Waals surface area contributed by atoms with E-state index in [0.717, 1.165) is 0 Å². The number of benzene rings is 1. The van der Waals surface area contributed by atoms with Gasteiger partial charge in [-0.05, 0) is 26.0 Å². The Morgan fingerprint density at radius 1 is 1.44 bits per heavy atom. The molecule has 3 nitrogen and oxygen atoms in total. The molecule has 16 heavy (non-hydrogen) atoms. The number of aromatic amines is 1. The molecule has 4 heteroatoms. The SMILES string of the molecule is CC(C)(C(=O)O)c1cc2cccc(F)c2[nH]1. The molecule has 0 aliphatic rings. The second kappa shape index (κ2) is 3.33. The van der Waals surface area contributed by atoms with Gasteiger partial charge in [-0.1, -0.05) is 12.1 Å². The summed E-state index contributed by atoms with van der Waals surface area (Å²) in [5.41, 5.74) is -0.197. The van der Waals surface area contributed by atoms with Gasteiger partial charge in [-0.15, -0.1) is 0 Å². The van der Waals surface area contributed by atoms with Crippen LogP contribution in [0.2, 0.25) is 0 Å². The zero-order chi connectivity index (χ0) is 11.9. The molecule has 0 amide bonds. The van der Waals surface area contributed by atoms with E-state index in [-0.39, 0.29) is 5.82 Å². The van der Waals surface area contributed by atoms with Gasteiger partial charge in [-0.25, -0.2) is 4.39 Å². The van der Waals surface area contributed by atoms with E-state index in [0.29, 0.717) is 16.6 Å². The summed E-state index contributed by atoms with van der Waals surface area (Å²) in [6, 6.07) is 6.36. The lowest BCUT2D eigenvalue weighted by Gasteiger charge is -2.16. The van der Waals surface area contributed by atoms with Crippen LogP contribution in [-0.2, 0) is 10.2 Å². The highest BCUT2D eigenvalue weighted by atomic mass is 19.1. The quantitative estimate of drug-likeness (QED) is 0.819. The molecule has 0 aliphatic carbocycles. The fourth-order valence-corrected chi connectivity index (χ4v) is 1.57. The Morgan fingerprint density at radius 2 is 2.12 bits per heavy atom. The third kappa shape index (κ3) is 1.46. The van der Waals surface area contributed by atoms with Crippen LogP contribution in [0.4, 0.5) is 4.39 Å². The normalized spacial score (nSPS) is 11.9. The lowest BCUT2D eigenvalue weighted by molar-refractivity contribution is -0.142. The maximum atomic E-state index is 13.4. The molecule has 2 rings (SSSR count). The van der Waals surface area contributed by atoms with Crippen LogP contribution in [0.3, 0.4) is 0 Å². The van der Waals surface area contributed by atoms with Gasteiger partial charge in [0.1, 0.15) is 11.2 Å². The van der Waals surface area contributed by atoms with Gasteiger partial charge < -0.3 is 10.1 Å². The first kappa shape index (κ1) is 10.7. The summed E-state index contributed by atoms with van der Waals surface area (Å²) < 4.78 is 13.4. The second-order valence-electron chi connectivity index (χ2n) is 4.32. The molecule has 2 aromatic rings. The van der Waals surface area contributed by atoms with Crippen molar-refractivity contribution in [1.29, 1.82) is 0 Å². The van der Waals surface area contributed by atoms with Crippen LogP contribution >= 0.6 is 0 Å². The summed E-state index contributed by atoms with van der Waals surface area (Å²) in [5.74, 6) is -1.32. The number of carbonyl (C=O) groups is 1. The number of aliphatic carboxylic acids is 1. The highest BCUT2D eigenvalue weighted by molar-refractivity contribution is 5.86. The molecule has 1 aromatic heterocycles. The first-order valence-corrected chi connectivity index (χ1v) is 4.94. The van der Waals surface area contributed by atoms with Crippen LogP contribution in [0.15, 0.2) is 24.3 Å². The van der Waals surface area contributed by atoms with E-state index >= 15 is 0 Å². The number of nitrogens with one attached hydrogen (secondary N) is 1. The van der Waals surface area contributed by atoms with E-state index in [1.54, 1.807) is 32.0 Å². The molecule has 1 heterocycles. The van der Waals surface area contributed by atoms with Gasteiger partial charge in [0.05, 0.1) is 5.52 Å². The number of para-hydroxylation sites is 1. The predicted octanol–water partition coefficient (Wildman–Crippen LogP) is 2.67. The Morgan fingerprint density at radius 3 is 2.69 bits per heavy atom. The highest BCUT2D eigenvalue weighted by Gasteiger charge is 2.31. The smallest absolute Gasteiger partial charge is 0.315 e. The van der Waals surface area contributed by atoms with Crippen molar-refractivity contribution in [3.63, 3.8) is 0 Å². The summed E-state index contributed by atoms with van der Waals surface area (Å²) in [4.78, 5) is 13.9. The molecule has 0 atom stereocenters. The van der Waals surface area contributed by atoms with Gasteiger partial charge in [-0.3, -0.25) is 4.79 Å². The standard InChI is InChI=1S/C12H12FNO2/c1-12(2,11(15)16)9-6-7-4-3-5-8(13)10(7)14-9/h3-6,14H,1-2H3,(H,15,16). The van der Waals surface area contributed by atoms with Crippen LogP contribution < -0.4 is 0 Å². The lowest BCUT2D eigenvalue weighted by Crippen LogP contribution is -2.28. The number of rotatable bonds is 2. The minimum absolute atomic E-state index is 0.354. The predicted molar refractivity (Wildman–Crippen MR) is 58.9 cm³/mol. The molecule has 84 valence electrons. The topological polar surface area (TPSA) is 53.1 Å². The molecule has 2 N–H and O–H groups in total. The summed E-state index contributed by atoms with van der Waals surface area (Å²) >= 11 is 0. The van der Waals surface area contributed by atoms with Crippen LogP contribution in [0, 0.1) is 5.82 Å². The summed E-state index contributed by atoms with van der Waals surface area (Å²) in [7, 11) is 0. The van der Waals surface area contributed by atoms with Crippen LogP contribution in [0.1, 0.15) is 19.5 Å². The monoisotopic (exact) mass is 221 g/mol. The molecule has 0 radical (unpaired) electrons. The molecule has 0 saturated heterocycles. The van der Waals surface area contributed by atoms with Crippen molar-refractivity contribution >= 4 is 16.9 Å². The second-order valence-corrected chi connectivity index (χ2v) is 4.32. The van der Waals surface area contributed by atoms with Gasteiger partial charge >= 0.3 is 5.97 Å². The van der Waals surface area contributed by atoms with Gasteiger partial charge in [0.15, 0.2) is 0 Å². The van der Waals surface area contributed by atoms with Crippen LogP contribution in [0.5, 0.6) is 0 Å². The van der Waals surface area contributed by atoms with Gasteiger partial charge in [0.25, 0.3) is 0 Å². The molecular formula is C12H12FNO2.